The molecule has 0 radical (unpaired) electrons. The molecular formula is C25H22BrClN2O. The Labute approximate surface area is 190 Å². The molecule has 0 bridgehead atoms. The van der Waals surface area contributed by atoms with Gasteiger partial charge >= 0.3 is 0 Å². The largest absolute Gasteiger partial charge is 0.268 e. The minimum atomic E-state index is -0.0762. The van der Waals surface area contributed by atoms with E-state index in [0.29, 0.717) is 22.6 Å². The van der Waals surface area contributed by atoms with E-state index in [1.54, 1.807) is 4.57 Å². The minimum Gasteiger partial charge on any atom is -0.268 e. The van der Waals surface area contributed by atoms with Crippen LogP contribution in [0, 0.1) is 0 Å². The molecule has 30 heavy (non-hydrogen) atoms. The quantitative estimate of drug-likeness (QED) is 0.319. The van der Waals surface area contributed by atoms with Gasteiger partial charge in [0.25, 0.3) is 5.56 Å². The van der Waals surface area contributed by atoms with Crippen LogP contribution in [0.2, 0.25) is 0 Å². The summed E-state index contributed by atoms with van der Waals surface area (Å²) in [5, 5.41) is 0.605. The van der Waals surface area contributed by atoms with Gasteiger partial charge in [0.15, 0.2) is 0 Å². The summed E-state index contributed by atoms with van der Waals surface area (Å²) in [6.45, 7) is 4.36. The number of rotatable bonds is 4. The van der Waals surface area contributed by atoms with Crippen molar-refractivity contribution in [2.75, 3.05) is 0 Å². The normalized spacial score (nSPS) is 11.2. The van der Waals surface area contributed by atoms with E-state index in [9.17, 15) is 4.79 Å². The van der Waals surface area contributed by atoms with Gasteiger partial charge in [-0.15, -0.1) is 12.4 Å². The first-order valence-corrected chi connectivity index (χ1v) is 10.4. The zero-order valence-corrected chi connectivity index (χ0v) is 19.2. The van der Waals surface area contributed by atoms with Crippen molar-refractivity contribution in [2.45, 2.75) is 19.8 Å². The molecule has 0 unspecified atom stereocenters. The fourth-order valence-electron chi connectivity index (χ4n) is 3.26. The Morgan fingerprint density at radius 3 is 2.23 bits per heavy atom. The first-order chi connectivity index (χ1) is 14.0. The molecule has 0 fully saturated rings. The van der Waals surface area contributed by atoms with E-state index in [1.807, 2.05) is 60.7 Å². The van der Waals surface area contributed by atoms with Gasteiger partial charge in [-0.3, -0.25) is 9.36 Å². The highest BCUT2D eigenvalue weighted by molar-refractivity contribution is 9.10. The molecule has 152 valence electrons. The third-order valence-corrected chi connectivity index (χ3v) is 5.44. The van der Waals surface area contributed by atoms with Crippen molar-refractivity contribution in [2.24, 2.45) is 0 Å². The van der Waals surface area contributed by atoms with Crippen LogP contribution in [-0.2, 0) is 0 Å². The van der Waals surface area contributed by atoms with Crippen molar-refractivity contribution in [3.8, 4) is 5.69 Å². The molecule has 0 atom stereocenters. The summed E-state index contributed by atoms with van der Waals surface area (Å²) in [4.78, 5) is 18.0. The van der Waals surface area contributed by atoms with Gasteiger partial charge in [-0.2, -0.15) is 0 Å². The van der Waals surface area contributed by atoms with Gasteiger partial charge in [-0.1, -0.05) is 72.3 Å². The Hall–Kier alpha value is -2.69. The molecule has 0 aliphatic carbocycles. The van der Waals surface area contributed by atoms with E-state index < -0.39 is 0 Å². The van der Waals surface area contributed by atoms with Crippen molar-refractivity contribution in [1.82, 2.24) is 9.55 Å². The Morgan fingerprint density at radius 1 is 0.900 bits per heavy atom. The monoisotopic (exact) mass is 480 g/mol. The predicted octanol–water partition coefficient (Wildman–Crippen LogP) is 6.86. The second-order valence-corrected chi connectivity index (χ2v) is 8.17. The molecule has 3 nitrogen and oxygen atoms in total. The lowest BCUT2D eigenvalue weighted by atomic mass is 10.0. The van der Waals surface area contributed by atoms with Crippen molar-refractivity contribution >= 4 is 51.4 Å². The zero-order chi connectivity index (χ0) is 20.4. The molecule has 3 aromatic carbocycles. The summed E-state index contributed by atoms with van der Waals surface area (Å²) >= 11 is 3.46. The van der Waals surface area contributed by atoms with Gasteiger partial charge in [0.1, 0.15) is 5.82 Å². The molecule has 0 aliphatic heterocycles. The molecule has 0 saturated carbocycles. The van der Waals surface area contributed by atoms with Crippen LogP contribution in [0.5, 0.6) is 0 Å². The van der Waals surface area contributed by atoms with Crippen LogP contribution in [0.25, 0.3) is 28.7 Å². The Morgan fingerprint density at radius 2 is 1.57 bits per heavy atom. The molecule has 0 N–H and O–H groups in total. The van der Waals surface area contributed by atoms with Crippen molar-refractivity contribution in [3.63, 3.8) is 0 Å². The van der Waals surface area contributed by atoms with Gasteiger partial charge in [0, 0.05) is 4.47 Å². The molecule has 4 rings (SSSR count). The Balaban J connectivity index is 0.00000256. The summed E-state index contributed by atoms with van der Waals surface area (Å²) in [6, 6.07) is 23.6. The number of fused-ring (bicyclic) bond motifs is 1. The fourth-order valence-corrected chi connectivity index (χ4v) is 3.53. The molecule has 1 heterocycles. The lowest BCUT2D eigenvalue weighted by Gasteiger charge is -2.11. The number of hydrogen-bond acceptors (Lipinski definition) is 2. The maximum atomic E-state index is 13.2. The van der Waals surface area contributed by atoms with Gasteiger partial charge in [-0.05, 0) is 59.5 Å². The highest BCUT2D eigenvalue weighted by atomic mass is 79.9. The summed E-state index contributed by atoms with van der Waals surface area (Å²) in [5.74, 6) is 1.10. The fraction of sp³-hybridized carbons (Fsp3) is 0.120. The number of nitrogens with zero attached hydrogens (tertiary/aromatic N) is 2. The molecule has 1 aromatic heterocycles. The Kier molecular flexibility index (Phi) is 6.91. The summed E-state index contributed by atoms with van der Waals surface area (Å²) in [7, 11) is 0. The van der Waals surface area contributed by atoms with Crippen LogP contribution in [0.4, 0.5) is 0 Å². The first kappa shape index (κ1) is 22.0. The molecule has 0 spiro atoms. The minimum absolute atomic E-state index is 0. The second kappa shape index (κ2) is 9.41. The molecule has 0 aliphatic rings. The van der Waals surface area contributed by atoms with Gasteiger partial charge < -0.3 is 0 Å². The highest BCUT2D eigenvalue weighted by Gasteiger charge is 2.11. The molecule has 0 saturated heterocycles. The van der Waals surface area contributed by atoms with Gasteiger partial charge in [0.2, 0.25) is 0 Å². The third kappa shape index (κ3) is 4.55. The van der Waals surface area contributed by atoms with Gasteiger partial charge in [-0.25, -0.2) is 4.98 Å². The second-order valence-electron chi connectivity index (χ2n) is 7.26. The first-order valence-electron chi connectivity index (χ1n) is 9.59. The maximum absolute atomic E-state index is 13.2. The molecular weight excluding hydrogens is 460 g/mol. The Bertz CT molecular complexity index is 1240. The number of hydrogen-bond donors (Lipinski definition) is 0. The van der Waals surface area contributed by atoms with E-state index in [2.05, 4.69) is 54.0 Å². The van der Waals surface area contributed by atoms with Crippen LogP contribution >= 0.6 is 28.3 Å². The molecule has 5 heteroatoms. The van der Waals surface area contributed by atoms with Gasteiger partial charge in [0.05, 0.1) is 16.6 Å². The SMILES string of the molecule is CC(C)c1ccc(C=Cc2nc3ccccc3c(=O)n2-c2ccc(Br)cc2)cc1.Cl. The van der Waals surface area contributed by atoms with Crippen molar-refractivity contribution in [3.05, 3.63) is 105 Å². The van der Waals surface area contributed by atoms with E-state index in [4.69, 9.17) is 4.98 Å². The smallest absolute Gasteiger partial charge is 0.266 e. The lowest BCUT2D eigenvalue weighted by Crippen LogP contribution is -2.22. The van der Waals surface area contributed by atoms with Crippen LogP contribution < -0.4 is 5.56 Å². The summed E-state index contributed by atoms with van der Waals surface area (Å²) in [5.41, 5.74) is 3.77. The van der Waals surface area contributed by atoms with Crippen molar-refractivity contribution in [1.29, 1.82) is 0 Å². The topological polar surface area (TPSA) is 34.9 Å². The standard InChI is InChI=1S/C25H21BrN2O.ClH/c1-17(2)19-10-7-18(8-11-19)9-16-24-27-23-6-4-3-5-22(23)25(29)28(24)21-14-12-20(26)13-15-21;/h3-17H,1-2H3;1H. The molecule has 0 amide bonds. The average Bonchev–Trinajstić information content (AvgIpc) is 2.73. The van der Waals surface area contributed by atoms with Crippen LogP contribution in [0.3, 0.4) is 0 Å². The highest BCUT2D eigenvalue weighted by Crippen LogP contribution is 2.19. The predicted molar refractivity (Wildman–Crippen MR) is 132 cm³/mol. The van der Waals surface area contributed by atoms with Crippen molar-refractivity contribution < 1.29 is 0 Å². The summed E-state index contributed by atoms with van der Waals surface area (Å²) in [6.07, 6.45) is 3.90. The van der Waals surface area contributed by atoms with Crippen LogP contribution in [-0.4, -0.2) is 9.55 Å². The number of halogens is 2. The van der Waals surface area contributed by atoms with Crippen LogP contribution in [0.1, 0.15) is 36.7 Å². The van der Waals surface area contributed by atoms with E-state index >= 15 is 0 Å². The number of aromatic nitrogens is 2. The third-order valence-electron chi connectivity index (χ3n) is 4.91. The van der Waals surface area contributed by atoms with E-state index in [1.165, 1.54) is 5.56 Å². The van der Waals surface area contributed by atoms with Crippen LogP contribution in [0.15, 0.2) is 82.1 Å². The lowest BCUT2D eigenvalue weighted by molar-refractivity contribution is 0.866. The zero-order valence-electron chi connectivity index (χ0n) is 16.7. The maximum Gasteiger partial charge on any atom is 0.266 e. The van der Waals surface area contributed by atoms with E-state index in [-0.39, 0.29) is 18.0 Å². The number of para-hydroxylation sites is 1. The van der Waals surface area contributed by atoms with E-state index in [0.717, 1.165) is 15.7 Å². The summed E-state index contributed by atoms with van der Waals surface area (Å²) < 4.78 is 2.62. The number of benzene rings is 3. The average molecular weight is 482 g/mol. The molecule has 4 aromatic rings.